The molecule has 0 amide bonds. The van der Waals surface area contributed by atoms with Crippen LogP contribution in [0.3, 0.4) is 0 Å². The Labute approximate surface area is 215 Å². The Bertz CT molecular complexity index is 290. The van der Waals surface area contributed by atoms with Crippen LogP contribution in [0.15, 0.2) is 0 Å². The first-order valence-corrected chi connectivity index (χ1v) is 16.5. The second-order valence-corrected chi connectivity index (χ2v) is 11.4. The van der Waals surface area contributed by atoms with Gasteiger partial charge in [0.25, 0.3) is 0 Å². The molecule has 0 heterocycles. The molecule has 0 aromatic rings. The maximum atomic E-state index is 5.78. The van der Waals surface area contributed by atoms with Crippen molar-refractivity contribution in [3.8, 4) is 0 Å². The summed E-state index contributed by atoms with van der Waals surface area (Å²) in [7, 11) is 0. The van der Waals surface area contributed by atoms with Crippen LogP contribution in [0, 0.1) is 6.42 Å². The van der Waals surface area contributed by atoms with E-state index in [1.165, 1.54) is 160 Å². The first-order valence-electron chi connectivity index (χ1n) is 15.4. The van der Waals surface area contributed by atoms with Crippen molar-refractivity contribution in [2.24, 2.45) is 0 Å². The van der Waals surface area contributed by atoms with Crippen molar-refractivity contribution in [3.05, 3.63) is 6.42 Å². The van der Waals surface area contributed by atoms with Gasteiger partial charge < -0.3 is 4.74 Å². The van der Waals surface area contributed by atoms with E-state index >= 15 is 0 Å². The summed E-state index contributed by atoms with van der Waals surface area (Å²) < 4.78 is 5.78. The average molecular weight is 484 g/mol. The van der Waals surface area contributed by atoms with Crippen molar-refractivity contribution < 1.29 is 4.74 Å². The van der Waals surface area contributed by atoms with Gasteiger partial charge in [-0.15, -0.1) is 0 Å². The van der Waals surface area contributed by atoms with E-state index in [0.717, 1.165) is 19.0 Å². The molecule has 0 aromatic carbocycles. The van der Waals surface area contributed by atoms with Crippen molar-refractivity contribution in [3.63, 3.8) is 0 Å². The molecule has 0 unspecified atom stereocenters. The Kier molecular flexibility index (Phi) is 32.6. The molecule has 0 aromatic heterocycles. The monoisotopic (exact) mass is 483 g/mol. The van der Waals surface area contributed by atoms with Gasteiger partial charge in [0.05, 0.1) is 6.61 Å². The molecular formula is C31H63OS. The van der Waals surface area contributed by atoms with E-state index in [9.17, 15) is 0 Å². The zero-order chi connectivity index (χ0) is 23.9. The third-order valence-corrected chi connectivity index (χ3v) is 7.80. The maximum absolute atomic E-state index is 5.78. The lowest BCUT2D eigenvalue weighted by Crippen LogP contribution is -1.99. The molecule has 0 aliphatic heterocycles. The highest BCUT2D eigenvalue weighted by Gasteiger charge is 1.96. The second kappa shape index (κ2) is 32.3. The first-order chi connectivity index (χ1) is 16.4. The number of ether oxygens (including phenoxy) is 1. The predicted molar refractivity (Wildman–Crippen MR) is 155 cm³/mol. The average Bonchev–Trinajstić information content (AvgIpc) is 2.83. The van der Waals surface area contributed by atoms with Crippen molar-refractivity contribution in [1.29, 1.82) is 0 Å². The minimum Gasteiger partial charge on any atom is -0.381 e. The molecule has 0 rings (SSSR count). The quantitative estimate of drug-likeness (QED) is 0.0939. The number of rotatable bonds is 30. The van der Waals surface area contributed by atoms with Crippen LogP contribution < -0.4 is 0 Å². The minimum absolute atomic E-state index is 0.851. The van der Waals surface area contributed by atoms with Gasteiger partial charge in [0.2, 0.25) is 0 Å². The van der Waals surface area contributed by atoms with E-state index in [-0.39, 0.29) is 0 Å². The molecule has 1 radical (unpaired) electrons. The summed E-state index contributed by atoms with van der Waals surface area (Å²) in [5.41, 5.74) is 0. The van der Waals surface area contributed by atoms with Crippen LogP contribution in [0.2, 0.25) is 0 Å². The van der Waals surface area contributed by atoms with Gasteiger partial charge in [0.1, 0.15) is 0 Å². The van der Waals surface area contributed by atoms with Crippen LogP contribution in [0.5, 0.6) is 0 Å². The van der Waals surface area contributed by atoms with Crippen LogP contribution in [0.1, 0.15) is 168 Å². The summed E-state index contributed by atoms with van der Waals surface area (Å²) in [5.74, 6) is 2.49. The molecule has 33 heavy (non-hydrogen) atoms. The van der Waals surface area contributed by atoms with E-state index < -0.39 is 0 Å². The first kappa shape index (κ1) is 33.3. The van der Waals surface area contributed by atoms with E-state index in [4.69, 9.17) is 4.74 Å². The summed E-state index contributed by atoms with van der Waals surface area (Å²) >= 11 is 2.08. The van der Waals surface area contributed by atoms with Crippen LogP contribution in [-0.2, 0) is 4.74 Å². The van der Waals surface area contributed by atoms with Crippen LogP contribution in [0.25, 0.3) is 0 Å². The normalized spacial score (nSPS) is 11.5. The summed E-state index contributed by atoms with van der Waals surface area (Å²) in [6.07, 6.45) is 36.6. The van der Waals surface area contributed by atoms with Crippen molar-refractivity contribution in [2.75, 3.05) is 24.7 Å². The van der Waals surface area contributed by atoms with Gasteiger partial charge in [0.15, 0.2) is 0 Å². The van der Waals surface area contributed by atoms with E-state index in [1.54, 1.807) is 0 Å². The molecule has 0 saturated heterocycles. The lowest BCUT2D eigenvalue weighted by atomic mass is 10.0. The van der Waals surface area contributed by atoms with Crippen LogP contribution in [-0.4, -0.2) is 24.7 Å². The van der Waals surface area contributed by atoms with Gasteiger partial charge >= 0.3 is 0 Å². The topological polar surface area (TPSA) is 9.23 Å². The Morgan fingerprint density at radius 2 is 0.818 bits per heavy atom. The number of hydrogen-bond acceptors (Lipinski definition) is 2. The maximum Gasteiger partial charge on any atom is 0.0505 e. The van der Waals surface area contributed by atoms with Gasteiger partial charge in [-0.3, -0.25) is 0 Å². The highest BCUT2D eigenvalue weighted by Crippen LogP contribution is 2.14. The molecule has 0 atom stereocenters. The molecule has 0 fully saturated rings. The van der Waals surface area contributed by atoms with Crippen molar-refractivity contribution in [2.45, 2.75) is 168 Å². The predicted octanol–water partition coefficient (Wildman–Crippen LogP) is 11.3. The number of unbranched alkanes of at least 4 members (excludes halogenated alkanes) is 22. The van der Waals surface area contributed by atoms with Gasteiger partial charge in [-0.25, -0.2) is 0 Å². The summed E-state index contributed by atoms with van der Waals surface area (Å²) in [4.78, 5) is 0. The Morgan fingerprint density at radius 3 is 1.24 bits per heavy atom. The van der Waals surface area contributed by atoms with Gasteiger partial charge in [-0.1, -0.05) is 155 Å². The molecular weight excluding hydrogens is 420 g/mol. The highest BCUT2D eigenvalue weighted by atomic mass is 32.2. The third-order valence-electron chi connectivity index (χ3n) is 6.76. The number of thioether (sulfide) groups is 1. The zero-order valence-electron chi connectivity index (χ0n) is 23.2. The Morgan fingerprint density at radius 1 is 0.455 bits per heavy atom. The number of hydrogen-bond donors (Lipinski definition) is 0. The molecule has 0 aliphatic carbocycles. The summed E-state index contributed by atoms with van der Waals surface area (Å²) in [6, 6.07) is 0. The Balaban J connectivity index is 2.99. The Hall–Kier alpha value is 0.310. The van der Waals surface area contributed by atoms with E-state index in [2.05, 4.69) is 32.0 Å². The van der Waals surface area contributed by atoms with Crippen LogP contribution in [0.4, 0.5) is 0 Å². The minimum atomic E-state index is 0.851. The lowest BCUT2D eigenvalue weighted by Gasteiger charge is -2.05. The fraction of sp³-hybridized carbons (Fsp3) is 0.968. The molecule has 199 valence electrons. The van der Waals surface area contributed by atoms with Crippen LogP contribution >= 0.6 is 11.8 Å². The standard InChI is InChI=1S/C31H63OS/c1-3-5-7-9-11-13-15-16-17-18-19-21-23-25-28-32-29-27-31-33-30-26-24-22-20-14-12-10-8-6-4-2/h27H,3-26,28-31H2,1-2H3. The second-order valence-electron chi connectivity index (χ2n) is 10.2. The molecule has 0 bridgehead atoms. The molecule has 0 aliphatic rings. The van der Waals surface area contributed by atoms with Gasteiger partial charge in [0, 0.05) is 6.61 Å². The summed E-state index contributed by atoms with van der Waals surface area (Å²) in [6.45, 7) is 6.40. The fourth-order valence-electron chi connectivity index (χ4n) is 4.47. The van der Waals surface area contributed by atoms with Crippen molar-refractivity contribution in [1.82, 2.24) is 0 Å². The molecule has 0 N–H and O–H groups in total. The molecule has 1 nitrogen and oxygen atoms in total. The lowest BCUT2D eigenvalue weighted by molar-refractivity contribution is 0.149. The largest absolute Gasteiger partial charge is 0.381 e. The SMILES string of the molecule is CCCCCCCCCCCCCCCCOC[CH]CSCCCCCCCCCCCC. The van der Waals surface area contributed by atoms with Gasteiger partial charge in [-0.2, -0.15) is 11.8 Å². The van der Waals surface area contributed by atoms with E-state index in [0.29, 0.717) is 0 Å². The highest BCUT2D eigenvalue weighted by molar-refractivity contribution is 7.99. The van der Waals surface area contributed by atoms with E-state index in [1.807, 2.05) is 0 Å². The van der Waals surface area contributed by atoms with Crippen molar-refractivity contribution >= 4 is 11.8 Å². The summed E-state index contributed by atoms with van der Waals surface area (Å²) in [5, 5.41) is 0. The fourth-order valence-corrected chi connectivity index (χ4v) is 5.31. The zero-order valence-corrected chi connectivity index (χ0v) is 24.0. The molecule has 2 heteroatoms. The van der Waals surface area contributed by atoms with Gasteiger partial charge in [-0.05, 0) is 30.8 Å². The molecule has 0 spiro atoms. The smallest absolute Gasteiger partial charge is 0.0505 e. The molecule has 0 saturated carbocycles. The third kappa shape index (κ3) is 32.3.